The number of para-hydroxylation sites is 1. The van der Waals surface area contributed by atoms with Gasteiger partial charge < -0.3 is 15.0 Å². The Balaban J connectivity index is 1.51. The van der Waals surface area contributed by atoms with Crippen LogP contribution in [0.15, 0.2) is 60.7 Å². The molecule has 156 valence electrons. The average Bonchev–Trinajstić information content (AvgIpc) is 3.24. The number of nitrogens with zero attached hydrogens (tertiary/aromatic N) is 4. The Morgan fingerprint density at radius 2 is 1.83 bits per heavy atom. The number of likely N-dealkylation sites (N-methyl/N-ethyl adjacent to an activating group) is 1. The van der Waals surface area contributed by atoms with E-state index in [1.165, 1.54) is 0 Å². The molecule has 0 aliphatic carbocycles. The number of benzene rings is 2. The molecule has 0 radical (unpaired) electrons. The van der Waals surface area contributed by atoms with Gasteiger partial charge in [0.15, 0.2) is 11.6 Å². The van der Waals surface area contributed by atoms with Gasteiger partial charge in [0.05, 0.1) is 6.61 Å². The number of fused-ring (bicyclic) bond motifs is 1. The molecular weight excluding hydrogens is 378 g/mol. The molecule has 4 rings (SSSR count). The van der Waals surface area contributed by atoms with E-state index in [9.17, 15) is 4.79 Å². The van der Waals surface area contributed by atoms with E-state index in [-0.39, 0.29) is 12.5 Å². The predicted molar refractivity (Wildman–Crippen MR) is 116 cm³/mol. The molecule has 3 aromatic rings. The molecule has 0 bridgehead atoms. The molecule has 1 atom stereocenters. The minimum atomic E-state index is -0.911. The minimum absolute atomic E-state index is 0.0930. The lowest BCUT2D eigenvalue weighted by molar-refractivity contribution is -0.134. The normalized spacial score (nSPS) is 17.9. The summed E-state index contributed by atoms with van der Waals surface area (Å²) in [4.78, 5) is 15.5. The molecule has 7 heteroatoms. The van der Waals surface area contributed by atoms with Crippen LogP contribution in [-0.2, 0) is 21.7 Å². The molecule has 2 aromatic carbocycles. The van der Waals surface area contributed by atoms with Crippen molar-refractivity contribution in [1.29, 1.82) is 0 Å². The molecule has 2 heterocycles. The van der Waals surface area contributed by atoms with Crippen LogP contribution in [0.25, 0.3) is 11.4 Å². The third-order valence-electron chi connectivity index (χ3n) is 5.53. The van der Waals surface area contributed by atoms with Gasteiger partial charge in [-0.3, -0.25) is 9.36 Å². The van der Waals surface area contributed by atoms with Gasteiger partial charge in [-0.1, -0.05) is 48.5 Å². The molecule has 1 aromatic heterocycles. The Hall–Kier alpha value is -3.19. The zero-order valence-electron chi connectivity index (χ0n) is 17.4. The second-order valence-corrected chi connectivity index (χ2v) is 7.58. The number of rotatable bonds is 7. The average molecular weight is 406 g/mol. The highest BCUT2D eigenvalue weighted by Gasteiger charge is 2.42. The van der Waals surface area contributed by atoms with E-state index in [1.807, 2.05) is 60.0 Å². The van der Waals surface area contributed by atoms with Crippen molar-refractivity contribution >= 4 is 11.6 Å². The van der Waals surface area contributed by atoms with Crippen molar-refractivity contribution in [3.63, 3.8) is 0 Å². The number of aromatic nitrogens is 3. The molecular formula is C23H27N5O2. The fourth-order valence-electron chi connectivity index (χ4n) is 3.88. The first-order chi connectivity index (χ1) is 14.6. The van der Waals surface area contributed by atoms with E-state index in [0.29, 0.717) is 24.8 Å². The van der Waals surface area contributed by atoms with E-state index in [0.717, 1.165) is 24.3 Å². The van der Waals surface area contributed by atoms with Gasteiger partial charge in [-0.2, -0.15) is 0 Å². The first-order valence-corrected chi connectivity index (χ1v) is 10.3. The summed E-state index contributed by atoms with van der Waals surface area (Å²) < 4.78 is 7.63. The smallest absolute Gasteiger partial charge is 0.248 e. The van der Waals surface area contributed by atoms with E-state index in [2.05, 4.69) is 39.5 Å². The Bertz CT molecular complexity index is 989. The lowest BCUT2D eigenvalue weighted by atomic mass is 9.99. The van der Waals surface area contributed by atoms with Crippen molar-refractivity contribution in [1.82, 2.24) is 20.1 Å². The van der Waals surface area contributed by atoms with E-state index in [1.54, 1.807) is 0 Å². The highest BCUT2D eigenvalue weighted by atomic mass is 16.5. The summed E-state index contributed by atoms with van der Waals surface area (Å²) >= 11 is 0. The number of ether oxygens (including phenoxy) is 1. The van der Waals surface area contributed by atoms with Crippen molar-refractivity contribution in [2.75, 3.05) is 31.1 Å². The molecule has 30 heavy (non-hydrogen) atoms. The van der Waals surface area contributed by atoms with E-state index in [4.69, 9.17) is 4.74 Å². The first kappa shape index (κ1) is 20.1. The van der Waals surface area contributed by atoms with Gasteiger partial charge in [0.2, 0.25) is 5.91 Å². The summed E-state index contributed by atoms with van der Waals surface area (Å²) in [6, 6.07) is 20.0. The maximum Gasteiger partial charge on any atom is 0.248 e. The summed E-state index contributed by atoms with van der Waals surface area (Å²) in [5, 5.41) is 11.7. The van der Waals surface area contributed by atoms with Crippen LogP contribution in [-0.4, -0.2) is 46.9 Å². The number of hydrogen-bond acceptors (Lipinski definition) is 5. The highest BCUT2D eigenvalue weighted by molar-refractivity contribution is 5.85. The van der Waals surface area contributed by atoms with E-state index < -0.39 is 5.54 Å². The molecule has 1 amide bonds. The van der Waals surface area contributed by atoms with Crippen LogP contribution in [0.3, 0.4) is 0 Å². The molecule has 0 fully saturated rings. The van der Waals surface area contributed by atoms with Crippen LogP contribution in [0, 0.1) is 0 Å². The Morgan fingerprint density at radius 1 is 1.13 bits per heavy atom. The number of nitrogens with one attached hydrogen (secondary N) is 1. The molecule has 0 saturated heterocycles. The molecule has 0 saturated carbocycles. The number of anilines is 1. The standard InChI is InChI=1S/C23H27N5O2/c1-3-27(19-12-8-5-9-13-19)15-14-24-22(29)23(2)17-30-16-20-25-26-21(28(20)23)18-10-6-4-7-11-18/h4-13H,3,14-17H2,1-2H3,(H,24,29). The SMILES string of the molecule is CCN(CCNC(=O)C1(C)COCc2nnc(-c3ccccc3)n21)c1ccccc1. The maximum atomic E-state index is 13.3. The minimum Gasteiger partial charge on any atom is -0.370 e. The van der Waals surface area contributed by atoms with Crippen molar-refractivity contribution in [2.24, 2.45) is 0 Å². The second kappa shape index (κ2) is 8.67. The summed E-state index contributed by atoms with van der Waals surface area (Å²) in [5.41, 5.74) is 1.17. The van der Waals surface area contributed by atoms with Gasteiger partial charge in [-0.05, 0) is 26.0 Å². The van der Waals surface area contributed by atoms with Crippen LogP contribution >= 0.6 is 0 Å². The molecule has 1 aliphatic rings. The van der Waals surface area contributed by atoms with Gasteiger partial charge in [0, 0.05) is 30.9 Å². The van der Waals surface area contributed by atoms with Crippen LogP contribution in [0.4, 0.5) is 5.69 Å². The summed E-state index contributed by atoms with van der Waals surface area (Å²) in [6.07, 6.45) is 0. The molecule has 1 unspecified atom stereocenters. The third-order valence-corrected chi connectivity index (χ3v) is 5.53. The fraction of sp³-hybridized carbons (Fsp3) is 0.348. The van der Waals surface area contributed by atoms with Gasteiger partial charge in [-0.15, -0.1) is 10.2 Å². The highest BCUT2D eigenvalue weighted by Crippen LogP contribution is 2.30. The molecule has 0 spiro atoms. The van der Waals surface area contributed by atoms with E-state index >= 15 is 0 Å². The topological polar surface area (TPSA) is 72.3 Å². The summed E-state index contributed by atoms with van der Waals surface area (Å²) in [5.74, 6) is 1.26. The Kier molecular flexibility index (Phi) is 5.81. The van der Waals surface area contributed by atoms with Crippen LogP contribution in [0.1, 0.15) is 19.7 Å². The lowest BCUT2D eigenvalue weighted by Gasteiger charge is -2.35. The largest absolute Gasteiger partial charge is 0.370 e. The number of amides is 1. The monoisotopic (exact) mass is 405 g/mol. The fourth-order valence-corrected chi connectivity index (χ4v) is 3.88. The first-order valence-electron chi connectivity index (χ1n) is 10.3. The Labute approximate surface area is 176 Å². The zero-order chi connectivity index (χ0) is 21.0. The summed E-state index contributed by atoms with van der Waals surface area (Å²) in [7, 11) is 0. The van der Waals surface area contributed by atoms with Crippen molar-refractivity contribution in [3.05, 3.63) is 66.5 Å². The van der Waals surface area contributed by atoms with Gasteiger partial charge in [-0.25, -0.2) is 0 Å². The lowest BCUT2D eigenvalue weighted by Crippen LogP contribution is -2.53. The zero-order valence-corrected chi connectivity index (χ0v) is 17.4. The van der Waals surface area contributed by atoms with Crippen molar-refractivity contribution in [2.45, 2.75) is 26.0 Å². The van der Waals surface area contributed by atoms with Gasteiger partial charge in [0.1, 0.15) is 12.1 Å². The number of carbonyl (C=O) groups excluding carboxylic acids is 1. The van der Waals surface area contributed by atoms with Gasteiger partial charge in [0.25, 0.3) is 0 Å². The molecule has 1 aliphatic heterocycles. The Morgan fingerprint density at radius 3 is 2.53 bits per heavy atom. The van der Waals surface area contributed by atoms with Crippen LogP contribution in [0.2, 0.25) is 0 Å². The number of hydrogen-bond donors (Lipinski definition) is 1. The molecule has 7 nitrogen and oxygen atoms in total. The summed E-state index contributed by atoms with van der Waals surface area (Å²) in [6.45, 7) is 6.75. The second-order valence-electron chi connectivity index (χ2n) is 7.58. The van der Waals surface area contributed by atoms with Crippen LogP contribution < -0.4 is 10.2 Å². The maximum absolute atomic E-state index is 13.3. The number of carbonyl (C=O) groups is 1. The quantitative estimate of drug-likeness (QED) is 0.654. The van der Waals surface area contributed by atoms with Crippen molar-refractivity contribution in [3.8, 4) is 11.4 Å². The van der Waals surface area contributed by atoms with Gasteiger partial charge >= 0.3 is 0 Å². The van der Waals surface area contributed by atoms with Crippen LogP contribution in [0.5, 0.6) is 0 Å². The molecule has 1 N–H and O–H groups in total. The van der Waals surface area contributed by atoms with Crippen molar-refractivity contribution < 1.29 is 9.53 Å². The third kappa shape index (κ3) is 3.80. The predicted octanol–water partition coefficient (Wildman–Crippen LogP) is 2.83.